The number of morpholine rings is 1. The summed E-state index contributed by atoms with van der Waals surface area (Å²) in [4.78, 5) is 16.6. The number of carbonyl (C=O) groups excluding carboxylic acids is 1. The summed E-state index contributed by atoms with van der Waals surface area (Å²) in [5.74, 6) is -0.125. The first kappa shape index (κ1) is 21.0. The molecule has 2 aliphatic rings. The highest BCUT2D eigenvalue weighted by Gasteiger charge is 2.33. The SMILES string of the molecule is CCc1ccc(CN2CCC(O)(Cn3cc(C(=O)N4CCOCC4)nn3)CC2)cc1. The molecule has 2 saturated heterocycles. The van der Waals surface area contributed by atoms with Crippen LogP contribution in [0.2, 0.25) is 0 Å². The number of benzene rings is 1. The maximum absolute atomic E-state index is 12.5. The Labute approximate surface area is 177 Å². The van der Waals surface area contributed by atoms with Gasteiger partial charge in [-0.15, -0.1) is 5.10 Å². The van der Waals surface area contributed by atoms with Crippen molar-refractivity contribution in [2.75, 3.05) is 39.4 Å². The smallest absolute Gasteiger partial charge is 0.276 e. The molecule has 162 valence electrons. The van der Waals surface area contributed by atoms with Gasteiger partial charge in [-0.25, -0.2) is 4.68 Å². The van der Waals surface area contributed by atoms with E-state index in [0.29, 0.717) is 51.4 Å². The summed E-state index contributed by atoms with van der Waals surface area (Å²) in [5.41, 5.74) is 2.16. The topological polar surface area (TPSA) is 83.7 Å². The molecule has 2 aromatic rings. The van der Waals surface area contributed by atoms with Crippen LogP contribution >= 0.6 is 0 Å². The van der Waals surface area contributed by atoms with E-state index in [1.165, 1.54) is 11.1 Å². The number of nitrogens with zero attached hydrogens (tertiary/aromatic N) is 5. The number of aromatic nitrogens is 3. The molecule has 0 saturated carbocycles. The van der Waals surface area contributed by atoms with E-state index in [1.807, 2.05) is 0 Å². The third-order valence-electron chi connectivity index (χ3n) is 6.14. The molecule has 8 heteroatoms. The molecule has 30 heavy (non-hydrogen) atoms. The van der Waals surface area contributed by atoms with Crippen LogP contribution < -0.4 is 0 Å². The van der Waals surface area contributed by atoms with Gasteiger partial charge in [0.25, 0.3) is 5.91 Å². The number of carbonyl (C=O) groups is 1. The normalized spacial score (nSPS) is 19.7. The van der Waals surface area contributed by atoms with Crippen molar-refractivity contribution in [2.24, 2.45) is 0 Å². The van der Waals surface area contributed by atoms with Crippen LogP contribution in [0.1, 0.15) is 41.4 Å². The van der Waals surface area contributed by atoms with Crippen molar-refractivity contribution in [2.45, 2.75) is 44.9 Å². The van der Waals surface area contributed by atoms with E-state index in [9.17, 15) is 9.90 Å². The first-order chi connectivity index (χ1) is 14.5. The fourth-order valence-corrected chi connectivity index (χ4v) is 4.13. The Morgan fingerprint density at radius 2 is 1.77 bits per heavy atom. The molecule has 1 amide bonds. The monoisotopic (exact) mass is 413 g/mol. The van der Waals surface area contributed by atoms with Gasteiger partial charge in [-0.3, -0.25) is 9.69 Å². The minimum Gasteiger partial charge on any atom is -0.388 e. The maximum atomic E-state index is 12.5. The second-order valence-electron chi connectivity index (χ2n) is 8.38. The average molecular weight is 414 g/mol. The number of hydrogen-bond acceptors (Lipinski definition) is 6. The maximum Gasteiger partial charge on any atom is 0.276 e. The predicted molar refractivity (Wildman–Crippen MR) is 112 cm³/mol. The fraction of sp³-hybridized carbons (Fsp3) is 0.591. The van der Waals surface area contributed by atoms with Crippen molar-refractivity contribution in [1.29, 1.82) is 0 Å². The molecule has 0 spiro atoms. The van der Waals surface area contributed by atoms with Gasteiger partial charge < -0.3 is 14.7 Å². The van der Waals surface area contributed by atoms with E-state index in [0.717, 1.165) is 26.1 Å². The molecule has 1 aromatic heterocycles. The zero-order valence-electron chi connectivity index (χ0n) is 17.7. The summed E-state index contributed by atoms with van der Waals surface area (Å²) in [6, 6.07) is 8.77. The number of aliphatic hydroxyl groups is 1. The highest BCUT2D eigenvalue weighted by atomic mass is 16.5. The lowest BCUT2D eigenvalue weighted by Crippen LogP contribution is -2.46. The Bertz CT molecular complexity index is 837. The summed E-state index contributed by atoms with van der Waals surface area (Å²) in [6.45, 7) is 7.35. The van der Waals surface area contributed by atoms with E-state index >= 15 is 0 Å². The summed E-state index contributed by atoms with van der Waals surface area (Å²) >= 11 is 0. The van der Waals surface area contributed by atoms with E-state index in [1.54, 1.807) is 15.8 Å². The number of piperidine rings is 1. The minimum atomic E-state index is -0.824. The molecule has 0 aliphatic carbocycles. The van der Waals surface area contributed by atoms with Gasteiger partial charge in [0, 0.05) is 32.7 Å². The number of ether oxygens (including phenoxy) is 1. The van der Waals surface area contributed by atoms with Gasteiger partial charge in [-0.05, 0) is 30.4 Å². The zero-order valence-corrected chi connectivity index (χ0v) is 17.7. The summed E-state index contributed by atoms with van der Waals surface area (Å²) in [7, 11) is 0. The molecule has 0 radical (unpaired) electrons. The Morgan fingerprint density at radius 1 is 1.10 bits per heavy atom. The van der Waals surface area contributed by atoms with Crippen LogP contribution in [0.4, 0.5) is 0 Å². The molecule has 8 nitrogen and oxygen atoms in total. The third kappa shape index (κ3) is 5.06. The largest absolute Gasteiger partial charge is 0.388 e. The quantitative estimate of drug-likeness (QED) is 0.770. The second-order valence-corrected chi connectivity index (χ2v) is 8.38. The van der Waals surface area contributed by atoms with Crippen molar-refractivity contribution in [1.82, 2.24) is 24.8 Å². The predicted octanol–water partition coefficient (Wildman–Crippen LogP) is 1.34. The Hall–Kier alpha value is -2.29. The number of aryl methyl sites for hydroxylation is 1. The van der Waals surface area contributed by atoms with Crippen molar-refractivity contribution in [3.05, 3.63) is 47.3 Å². The molecule has 0 unspecified atom stereocenters. The lowest BCUT2D eigenvalue weighted by molar-refractivity contribution is -0.0383. The molecular formula is C22H31N5O3. The summed E-state index contributed by atoms with van der Waals surface area (Å²) in [6.07, 6.45) is 4.05. The lowest BCUT2D eigenvalue weighted by Gasteiger charge is -2.38. The molecule has 1 aromatic carbocycles. The molecular weight excluding hydrogens is 382 g/mol. The van der Waals surface area contributed by atoms with Crippen LogP contribution in [0.15, 0.2) is 30.5 Å². The highest BCUT2D eigenvalue weighted by molar-refractivity contribution is 5.91. The Kier molecular flexibility index (Phi) is 6.46. The van der Waals surface area contributed by atoms with Crippen LogP contribution in [0.3, 0.4) is 0 Å². The molecule has 3 heterocycles. The van der Waals surface area contributed by atoms with Gasteiger partial charge >= 0.3 is 0 Å². The second kappa shape index (κ2) is 9.24. The molecule has 1 N–H and O–H groups in total. The van der Waals surface area contributed by atoms with Gasteiger partial charge in [-0.1, -0.05) is 36.4 Å². The van der Waals surface area contributed by atoms with Crippen molar-refractivity contribution in [3.63, 3.8) is 0 Å². The summed E-state index contributed by atoms with van der Waals surface area (Å²) in [5, 5.41) is 19.2. The first-order valence-corrected chi connectivity index (χ1v) is 10.8. The number of likely N-dealkylation sites (tertiary alicyclic amines) is 1. The average Bonchev–Trinajstić information content (AvgIpc) is 3.24. The Morgan fingerprint density at radius 3 is 2.43 bits per heavy atom. The van der Waals surface area contributed by atoms with E-state index in [4.69, 9.17) is 4.74 Å². The molecule has 0 bridgehead atoms. The number of rotatable bonds is 6. The number of amides is 1. The van der Waals surface area contributed by atoms with E-state index in [2.05, 4.69) is 46.4 Å². The van der Waals surface area contributed by atoms with Crippen LogP contribution in [0.25, 0.3) is 0 Å². The molecule has 2 aliphatic heterocycles. The lowest BCUT2D eigenvalue weighted by atomic mass is 9.91. The number of hydrogen-bond donors (Lipinski definition) is 1. The van der Waals surface area contributed by atoms with Crippen LogP contribution in [0.5, 0.6) is 0 Å². The van der Waals surface area contributed by atoms with Gasteiger partial charge in [0.05, 0.1) is 31.6 Å². The van der Waals surface area contributed by atoms with Crippen LogP contribution in [-0.4, -0.2) is 80.8 Å². The Balaban J connectivity index is 1.29. The van der Waals surface area contributed by atoms with Gasteiger partial charge in [-0.2, -0.15) is 0 Å². The fourth-order valence-electron chi connectivity index (χ4n) is 4.13. The molecule has 2 fully saturated rings. The highest BCUT2D eigenvalue weighted by Crippen LogP contribution is 2.25. The standard InChI is InChI=1S/C22H31N5O3/c1-2-18-3-5-19(6-4-18)15-25-9-7-22(29,8-10-25)17-27-16-20(23-24-27)21(28)26-11-13-30-14-12-26/h3-6,16,29H,2,7-15,17H2,1H3. The van der Waals surface area contributed by atoms with Gasteiger partial charge in [0.15, 0.2) is 5.69 Å². The van der Waals surface area contributed by atoms with Crippen LogP contribution in [0, 0.1) is 0 Å². The molecule has 4 rings (SSSR count). The van der Waals surface area contributed by atoms with Crippen molar-refractivity contribution in [3.8, 4) is 0 Å². The zero-order chi connectivity index (χ0) is 21.0. The van der Waals surface area contributed by atoms with E-state index < -0.39 is 5.60 Å². The minimum absolute atomic E-state index is 0.125. The van der Waals surface area contributed by atoms with Crippen LogP contribution in [-0.2, 0) is 24.2 Å². The third-order valence-corrected chi connectivity index (χ3v) is 6.14. The van der Waals surface area contributed by atoms with Gasteiger partial charge in [0.2, 0.25) is 0 Å². The first-order valence-electron chi connectivity index (χ1n) is 10.8. The van der Waals surface area contributed by atoms with Crippen molar-refractivity contribution >= 4 is 5.91 Å². The molecule has 0 atom stereocenters. The van der Waals surface area contributed by atoms with E-state index in [-0.39, 0.29) is 5.91 Å². The van der Waals surface area contributed by atoms with Gasteiger partial charge in [0.1, 0.15) is 0 Å². The van der Waals surface area contributed by atoms with Crippen molar-refractivity contribution < 1.29 is 14.6 Å². The summed E-state index contributed by atoms with van der Waals surface area (Å²) < 4.78 is 6.89.